The number of piperidine rings is 1. The van der Waals surface area contributed by atoms with E-state index >= 15 is 0 Å². The Morgan fingerprint density at radius 2 is 2.00 bits per heavy atom. The van der Waals surface area contributed by atoms with Gasteiger partial charge in [-0.1, -0.05) is 0 Å². The lowest BCUT2D eigenvalue weighted by Crippen LogP contribution is -2.41. The van der Waals surface area contributed by atoms with Crippen LogP contribution < -0.4 is 0 Å². The number of aromatic nitrogens is 2. The Morgan fingerprint density at radius 1 is 1.29 bits per heavy atom. The first-order chi connectivity index (χ1) is 11.4. The Labute approximate surface area is 141 Å². The highest BCUT2D eigenvalue weighted by molar-refractivity contribution is 5.75. The number of carbonyl (C=O) groups is 2. The van der Waals surface area contributed by atoms with Gasteiger partial charge in [-0.25, -0.2) is 9.31 Å². The number of nitrogens with zero attached hydrogens (tertiary/aromatic N) is 3. The van der Waals surface area contributed by atoms with Gasteiger partial charge in [0.25, 0.3) is 0 Å². The van der Waals surface area contributed by atoms with Gasteiger partial charge in [-0.15, -0.1) is 0 Å². The number of likely N-dealkylation sites (tertiary alicyclic amines) is 1. The molecule has 1 fully saturated rings. The van der Waals surface area contributed by atoms with E-state index in [1.165, 1.54) is 5.56 Å². The van der Waals surface area contributed by atoms with Crippen LogP contribution in [0.2, 0.25) is 0 Å². The van der Waals surface area contributed by atoms with Crippen molar-refractivity contribution in [1.82, 2.24) is 14.5 Å². The minimum Gasteiger partial charge on any atom is -0.444 e. The lowest BCUT2D eigenvalue weighted by Gasteiger charge is -2.33. The summed E-state index contributed by atoms with van der Waals surface area (Å²) in [4.78, 5) is 24.8. The molecule has 0 radical (unpaired) electrons. The normalized spacial score (nSPS) is 16.4. The average Bonchev–Trinajstić information content (AvgIpc) is 2.96. The van der Waals surface area contributed by atoms with Gasteiger partial charge < -0.3 is 9.64 Å². The Bertz CT molecular complexity index is 752. The third-order valence-electron chi connectivity index (χ3n) is 4.29. The van der Waals surface area contributed by atoms with Crippen molar-refractivity contribution in [2.45, 2.75) is 45.1 Å². The number of hydrogen-bond acceptors (Lipinski definition) is 4. The quantitative estimate of drug-likeness (QED) is 0.793. The van der Waals surface area contributed by atoms with E-state index in [1.807, 2.05) is 39.1 Å². The molecule has 1 saturated heterocycles. The molecule has 0 bridgehead atoms. The monoisotopic (exact) mass is 329 g/mol. The maximum absolute atomic E-state index is 12.1. The molecule has 6 heteroatoms. The Kier molecular flexibility index (Phi) is 4.30. The molecular formula is C18H23N3O3. The average molecular weight is 329 g/mol. The van der Waals surface area contributed by atoms with Gasteiger partial charge in [-0.05, 0) is 51.7 Å². The van der Waals surface area contributed by atoms with Gasteiger partial charge in [0.1, 0.15) is 5.60 Å². The van der Waals surface area contributed by atoms with Gasteiger partial charge in [0.05, 0.1) is 11.7 Å². The van der Waals surface area contributed by atoms with Gasteiger partial charge in [0.15, 0.2) is 6.29 Å². The number of hydrogen-bond donors (Lipinski definition) is 0. The van der Waals surface area contributed by atoms with Crippen LogP contribution in [0.15, 0.2) is 24.5 Å². The summed E-state index contributed by atoms with van der Waals surface area (Å²) in [5.74, 6) is 0.364. The molecule has 2 aromatic rings. The van der Waals surface area contributed by atoms with Crippen LogP contribution in [0.4, 0.5) is 4.79 Å². The molecule has 0 N–H and O–H groups in total. The van der Waals surface area contributed by atoms with Crippen molar-refractivity contribution < 1.29 is 14.3 Å². The van der Waals surface area contributed by atoms with Crippen LogP contribution in [0, 0.1) is 0 Å². The van der Waals surface area contributed by atoms with Gasteiger partial charge in [0.2, 0.25) is 0 Å². The van der Waals surface area contributed by atoms with Crippen molar-refractivity contribution in [2.75, 3.05) is 13.1 Å². The van der Waals surface area contributed by atoms with E-state index in [-0.39, 0.29) is 6.09 Å². The van der Waals surface area contributed by atoms with Crippen LogP contribution in [0.25, 0.3) is 5.52 Å². The molecule has 1 aliphatic rings. The number of ether oxygens (including phenoxy) is 1. The number of amides is 1. The molecule has 1 aliphatic heterocycles. The predicted octanol–water partition coefficient (Wildman–Crippen LogP) is 3.26. The van der Waals surface area contributed by atoms with Crippen molar-refractivity contribution in [3.8, 4) is 0 Å². The Hall–Kier alpha value is -2.37. The third kappa shape index (κ3) is 3.42. The molecule has 3 heterocycles. The molecule has 0 aromatic carbocycles. The number of carbonyl (C=O) groups excluding carboxylic acids is 2. The fourth-order valence-corrected chi connectivity index (χ4v) is 3.10. The van der Waals surface area contributed by atoms with E-state index in [1.54, 1.807) is 15.6 Å². The minimum absolute atomic E-state index is 0.239. The highest BCUT2D eigenvalue weighted by Gasteiger charge is 2.28. The fraction of sp³-hybridized carbons (Fsp3) is 0.500. The first-order valence-corrected chi connectivity index (χ1v) is 8.28. The molecular weight excluding hydrogens is 306 g/mol. The first-order valence-electron chi connectivity index (χ1n) is 8.28. The molecule has 0 aliphatic carbocycles. The minimum atomic E-state index is -0.466. The van der Waals surface area contributed by atoms with Gasteiger partial charge in [-0.3, -0.25) is 4.79 Å². The van der Waals surface area contributed by atoms with Gasteiger partial charge in [-0.2, -0.15) is 5.10 Å². The van der Waals surface area contributed by atoms with Crippen LogP contribution in [-0.2, 0) is 4.74 Å². The van der Waals surface area contributed by atoms with Crippen LogP contribution in [-0.4, -0.2) is 45.6 Å². The molecule has 0 spiro atoms. The molecule has 3 rings (SSSR count). The van der Waals surface area contributed by atoms with Crippen LogP contribution in [0.3, 0.4) is 0 Å². The fourth-order valence-electron chi connectivity index (χ4n) is 3.10. The predicted molar refractivity (Wildman–Crippen MR) is 90.4 cm³/mol. The van der Waals surface area contributed by atoms with Crippen molar-refractivity contribution in [3.05, 3.63) is 35.7 Å². The second-order valence-corrected chi connectivity index (χ2v) is 7.25. The summed E-state index contributed by atoms with van der Waals surface area (Å²) in [6.07, 6.45) is 5.96. The summed E-state index contributed by atoms with van der Waals surface area (Å²) in [5.41, 5.74) is 2.34. The zero-order valence-electron chi connectivity index (χ0n) is 14.4. The van der Waals surface area contributed by atoms with E-state index in [9.17, 15) is 9.59 Å². The second-order valence-electron chi connectivity index (χ2n) is 7.25. The van der Waals surface area contributed by atoms with E-state index in [2.05, 4.69) is 5.10 Å². The lowest BCUT2D eigenvalue weighted by atomic mass is 9.90. The zero-order chi connectivity index (χ0) is 17.3. The molecule has 0 saturated carbocycles. The first kappa shape index (κ1) is 16.5. The smallest absolute Gasteiger partial charge is 0.410 e. The largest absolute Gasteiger partial charge is 0.444 e. The number of rotatable bonds is 2. The van der Waals surface area contributed by atoms with Gasteiger partial charge >= 0.3 is 6.09 Å². The molecule has 6 nitrogen and oxygen atoms in total. The molecule has 1 amide bonds. The Balaban J connectivity index is 1.69. The SMILES string of the molecule is CC(C)(C)OC(=O)N1CCC(c2cnn3cc(C=O)ccc23)CC1. The summed E-state index contributed by atoms with van der Waals surface area (Å²) in [5, 5.41) is 4.36. The maximum Gasteiger partial charge on any atom is 0.410 e. The zero-order valence-corrected chi connectivity index (χ0v) is 14.4. The summed E-state index contributed by atoms with van der Waals surface area (Å²) in [6.45, 7) is 7.01. The molecule has 2 aromatic heterocycles. The van der Waals surface area contributed by atoms with Crippen LogP contribution >= 0.6 is 0 Å². The second kappa shape index (κ2) is 6.26. The summed E-state index contributed by atoms with van der Waals surface area (Å²) in [7, 11) is 0. The molecule has 128 valence electrons. The van der Waals surface area contributed by atoms with Gasteiger partial charge in [0, 0.05) is 30.4 Å². The van der Waals surface area contributed by atoms with E-state index in [4.69, 9.17) is 4.74 Å². The molecule has 0 atom stereocenters. The van der Waals surface area contributed by atoms with E-state index < -0.39 is 5.60 Å². The highest BCUT2D eigenvalue weighted by Crippen LogP contribution is 2.31. The summed E-state index contributed by atoms with van der Waals surface area (Å²) in [6, 6.07) is 3.75. The topological polar surface area (TPSA) is 63.9 Å². The molecule has 24 heavy (non-hydrogen) atoms. The number of aldehydes is 1. The van der Waals surface area contributed by atoms with Crippen LogP contribution in [0.5, 0.6) is 0 Å². The number of pyridine rings is 1. The van der Waals surface area contributed by atoms with E-state index in [0.717, 1.165) is 24.6 Å². The van der Waals surface area contributed by atoms with Crippen molar-refractivity contribution in [1.29, 1.82) is 0 Å². The standard InChI is InChI=1S/C18H23N3O3/c1-18(2,3)24-17(23)20-8-6-14(7-9-20)15-10-19-21-11-13(12-22)4-5-16(15)21/h4-5,10-12,14H,6-9H2,1-3H3. The Morgan fingerprint density at radius 3 is 2.62 bits per heavy atom. The van der Waals surface area contributed by atoms with E-state index in [0.29, 0.717) is 24.6 Å². The lowest BCUT2D eigenvalue weighted by molar-refractivity contribution is 0.0205. The van der Waals surface area contributed by atoms with Crippen LogP contribution in [0.1, 0.15) is 55.5 Å². The third-order valence-corrected chi connectivity index (χ3v) is 4.29. The summed E-state index contributed by atoms with van der Waals surface area (Å²) >= 11 is 0. The van der Waals surface area contributed by atoms with Crippen molar-refractivity contribution in [2.24, 2.45) is 0 Å². The van der Waals surface area contributed by atoms with Crippen molar-refractivity contribution >= 4 is 17.9 Å². The number of fused-ring (bicyclic) bond motifs is 1. The highest BCUT2D eigenvalue weighted by atomic mass is 16.6. The molecule has 0 unspecified atom stereocenters. The van der Waals surface area contributed by atoms with Crippen molar-refractivity contribution in [3.63, 3.8) is 0 Å². The summed E-state index contributed by atoms with van der Waals surface area (Å²) < 4.78 is 7.19. The maximum atomic E-state index is 12.1.